The highest BCUT2D eigenvalue weighted by molar-refractivity contribution is 6.36. The largest absolute Gasteiger partial charge is 0.452 e. The molecule has 1 N–H and O–H groups in total. The maximum absolute atomic E-state index is 12.1. The normalized spacial score (nSPS) is 11.7. The van der Waals surface area contributed by atoms with Crippen LogP contribution in [-0.4, -0.2) is 18.0 Å². The number of benzene rings is 2. The number of amides is 1. The van der Waals surface area contributed by atoms with Crippen molar-refractivity contribution in [2.75, 3.05) is 5.32 Å². The fraction of sp³-hybridized carbons (Fsp3) is 0.222. The molecule has 2 aromatic carbocycles. The lowest BCUT2D eigenvalue weighted by Gasteiger charge is -2.14. The summed E-state index contributed by atoms with van der Waals surface area (Å²) in [5.41, 5.74) is 2.21. The molecule has 0 heterocycles. The molecule has 0 bridgehead atoms. The van der Waals surface area contributed by atoms with Gasteiger partial charge in [-0.2, -0.15) is 0 Å². The molecule has 0 aliphatic rings. The van der Waals surface area contributed by atoms with Crippen molar-refractivity contribution in [2.45, 2.75) is 26.4 Å². The molecule has 0 radical (unpaired) electrons. The van der Waals surface area contributed by atoms with E-state index in [2.05, 4.69) is 5.32 Å². The maximum Gasteiger partial charge on any atom is 0.311 e. The molecule has 0 aliphatic carbocycles. The van der Waals surface area contributed by atoms with E-state index in [1.165, 1.54) is 6.92 Å². The molecule has 0 aromatic heterocycles. The van der Waals surface area contributed by atoms with E-state index in [1.807, 2.05) is 19.1 Å². The van der Waals surface area contributed by atoms with Crippen LogP contribution in [0.25, 0.3) is 0 Å². The minimum absolute atomic E-state index is 0.0966. The highest BCUT2D eigenvalue weighted by Gasteiger charge is 2.19. The van der Waals surface area contributed by atoms with Crippen molar-refractivity contribution in [1.82, 2.24) is 0 Å². The Labute approximate surface area is 150 Å². The Kier molecular flexibility index (Phi) is 6.23. The van der Waals surface area contributed by atoms with Gasteiger partial charge in [0, 0.05) is 21.3 Å². The van der Waals surface area contributed by atoms with Gasteiger partial charge in [0.2, 0.25) is 0 Å². The van der Waals surface area contributed by atoms with Gasteiger partial charge in [0.05, 0.1) is 6.42 Å². The molecule has 0 aliphatic heterocycles. The van der Waals surface area contributed by atoms with Crippen LogP contribution in [0.1, 0.15) is 18.1 Å². The Morgan fingerprint density at radius 1 is 1.08 bits per heavy atom. The number of carbonyl (C=O) groups is 2. The molecule has 24 heavy (non-hydrogen) atoms. The zero-order chi connectivity index (χ0) is 17.7. The van der Waals surface area contributed by atoms with Crippen molar-refractivity contribution in [1.29, 1.82) is 0 Å². The first-order valence-electron chi connectivity index (χ1n) is 7.36. The lowest BCUT2D eigenvalue weighted by atomic mass is 10.1. The first kappa shape index (κ1) is 18.3. The summed E-state index contributed by atoms with van der Waals surface area (Å²) in [4.78, 5) is 24.1. The molecule has 126 valence electrons. The first-order valence-corrected chi connectivity index (χ1v) is 8.12. The van der Waals surface area contributed by atoms with E-state index in [0.29, 0.717) is 21.3 Å². The molecule has 1 amide bonds. The van der Waals surface area contributed by atoms with Crippen LogP contribution < -0.4 is 5.32 Å². The van der Waals surface area contributed by atoms with Gasteiger partial charge in [0.15, 0.2) is 6.10 Å². The van der Waals surface area contributed by atoms with Crippen molar-refractivity contribution in [2.24, 2.45) is 0 Å². The van der Waals surface area contributed by atoms with Gasteiger partial charge in [-0.15, -0.1) is 0 Å². The van der Waals surface area contributed by atoms with Gasteiger partial charge in [-0.05, 0) is 38.1 Å². The molecule has 4 nitrogen and oxygen atoms in total. The Morgan fingerprint density at radius 3 is 2.25 bits per heavy atom. The number of aryl methyl sites for hydroxylation is 1. The summed E-state index contributed by atoms with van der Waals surface area (Å²) in [6, 6.07) is 12.3. The zero-order valence-electron chi connectivity index (χ0n) is 13.3. The van der Waals surface area contributed by atoms with Gasteiger partial charge in [-0.1, -0.05) is 47.0 Å². The lowest BCUT2D eigenvalue weighted by molar-refractivity contribution is -0.152. The minimum atomic E-state index is -0.930. The molecule has 2 aromatic rings. The Bertz CT molecular complexity index is 724. The van der Waals surface area contributed by atoms with E-state index in [4.69, 9.17) is 27.9 Å². The second-order valence-electron chi connectivity index (χ2n) is 5.36. The third kappa shape index (κ3) is 4.98. The number of anilines is 1. The topological polar surface area (TPSA) is 55.4 Å². The molecule has 0 fully saturated rings. The maximum atomic E-state index is 12.1. The van der Waals surface area contributed by atoms with Gasteiger partial charge in [-0.3, -0.25) is 9.59 Å². The van der Waals surface area contributed by atoms with Crippen molar-refractivity contribution in [3.05, 3.63) is 63.6 Å². The third-order valence-electron chi connectivity index (χ3n) is 3.38. The van der Waals surface area contributed by atoms with Gasteiger partial charge in [-0.25, -0.2) is 0 Å². The number of ether oxygens (including phenoxy) is 1. The predicted octanol–water partition coefficient (Wildman–Crippen LogP) is 4.41. The number of esters is 1. The van der Waals surface area contributed by atoms with Crippen LogP contribution in [0.4, 0.5) is 5.69 Å². The Hall–Kier alpha value is -2.04. The summed E-state index contributed by atoms with van der Waals surface area (Å²) < 4.78 is 5.15. The monoisotopic (exact) mass is 365 g/mol. The van der Waals surface area contributed by atoms with Gasteiger partial charge < -0.3 is 10.1 Å². The smallest absolute Gasteiger partial charge is 0.311 e. The van der Waals surface area contributed by atoms with E-state index >= 15 is 0 Å². The summed E-state index contributed by atoms with van der Waals surface area (Å²) in [5.74, 6) is -0.978. The molecule has 0 saturated heterocycles. The number of carbonyl (C=O) groups excluding carboxylic acids is 2. The number of hydrogen-bond donors (Lipinski definition) is 1. The highest BCUT2D eigenvalue weighted by atomic mass is 35.5. The summed E-state index contributed by atoms with van der Waals surface area (Å²) in [6.07, 6.45) is -1.03. The van der Waals surface area contributed by atoms with Gasteiger partial charge >= 0.3 is 5.97 Å². The lowest BCUT2D eigenvalue weighted by Crippen LogP contribution is -2.30. The molecule has 0 spiro atoms. The van der Waals surface area contributed by atoms with Crippen molar-refractivity contribution >= 4 is 40.8 Å². The summed E-state index contributed by atoms with van der Waals surface area (Å²) in [6.45, 7) is 3.46. The van der Waals surface area contributed by atoms with Crippen LogP contribution in [0.15, 0.2) is 42.5 Å². The molecule has 0 saturated carbocycles. The quantitative estimate of drug-likeness (QED) is 0.798. The first-order chi connectivity index (χ1) is 11.4. The van der Waals surface area contributed by atoms with E-state index in [0.717, 1.165) is 5.56 Å². The van der Waals surface area contributed by atoms with Crippen molar-refractivity contribution < 1.29 is 14.3 Å². The standard InChI is InChI=1S/C18H17Cl2NO3/c1-11-6-8-13(9-7-11)21-18(23)12(2)24-17(22)10-14-15(19)4-3-5-16(14)20/h3-9,12H,10H2,1-2H3,(H,21,23)/t12-/m1/s1. The number of nitrogens with one attached hydrogen (secondary N) is 1. The number of hydrogen-bond acceptors (Lipinski definition) is 3. The second kappa shape index (κ2) is 8.18. The van der Waals surface area contributed by atoms with Crippen molar-refractivity contribution in [3.8, 4) is 0 Å². The Balaban J connectivity index is 1.93. The third-order valence-corrected chi connectivity index (χ3v) is 4.09. The SMILES string of the molecule is Cc1ccc(NC(=O)[C@@H](C)OC(=O)Cc2c(Cl)cccc2Cl)cc1. The van der Waals surface area contributed by atoms with Crippen LogP contribution >= 0.6 is 23.2 Å². The fourth-order valence-electron chi connectivity index (χ4n) is 2.02. The van der Waals surface area contributed by atoms with E-state index < -0.39 is 18.0 Å². The average Bonchev–Trinajstić information content (AvgIpc) is 2.53. The van der Waals surface area contributed by atoms with Crippen LogP contribution in [-0.2, 0) is 20.7 Å². The number of rotatable bonds is 5. The van der Waals surface area contributed by atoms with E-state index in [-0.39, 0.29) is 6.42 Å². The highest BCUT2D eigenvalue weighted by Crippen LogP contribution is 2.25. The second-order valence-corrected chi connectivity index (χ2v) is 6.18. The molecule has 6 heteroatoms. The van der Waals surface area contributed by atoms with E-state index in [1.54, 1.807) is 30.3 Å². The molecular weight excluding hydrogens is 349 g/mol. The molecular formula is C18H17Cl2NO3. The molecule has 2 rings (SSSR count). The number of halogens is 2. The van der Waals surface area contributed by atoms with E-state index in [9.17, 15) is 9.59 Å². The van der Waals surface area contributed by atoms with Crippen LogP contribution in [0.2, 0.25) is 10.0 Å². The summed E-state index contributed by atoms with van der Waals surface area (Å²) in [7, 11) is 0. The van der Waals surface area contributed by atoms with Crippen LogP contribution in [0, 0.1) is 6.92 Å². The van der Waals surface area contributed by atoms with Crippen LogP contribution in [0.5, 0.6) is 0 Å². The summed E-state index contributed by atoms with van der Waals surface area (Å²) in [5, 5.41) is 3.46. The fourth-order valence-corrected chi connectivity index (χ4v) is 2.55. The van der Waals surface area contributed by atoms with Gasteiger partial charge in [0.1, 0.15) is 0 Å². The predicted molar refractivity (Wildman–Crippen MR) is 95.5 cm³/mol. The van der Waals surface area contributed by atoms with Crippen LogP contribution in [0.3, 0.4) is 0 Å². The summed E-state index contributed by atoms with van der Waals surface area (Å²) >= 11 is 12.0. The average molecular weight is 366 g/mol. The Morgan fingerprint density at radius 2 is 1.67 bits per heavy atom. The molecule has 1 atom stereocenters. The van der Waals surface area contributed by atoms with Crippen molar-refractivity contribution in [3.63, 3.8) is 0 Å². The zero-order valence-corrected chi connectivity index (χ0v) is 14.8. The molecule has 0 unspecified atom stereocenters. The van der Waals surface area contributed by atoms with Gasteiger partial charge in [0.25, 0.3) is 5.91 Å². The minimum Gasteiger partial charge on any atom is -0.452 e.